The van der Waals surface area contributed by atoms with E-state index >= 15 is 0 Å². The molecule has 0 heterocycles. The molecule has 0 saturated heterocycles. The molecule has 0 aromatic rings. The zero-order valence-electron chi connectivity index (χ0n) is 22.4. The van der Waals surface area contributed by atoms with Gasteiger partial charge >= 0.3 is 0 Å². The first kappa shape index (κ1) is 31.9. The topological polar surface area (TPSA) is 9.23 Å². The highest BCUT2D eigenvalue weighted by atomic mass is 19.2. The van der Waals surface area contributed by atoms with Crippen LogP contribution in [0.15, 0.2) is 121 Å². The number of allylic oxidation sites excluding steroid dienone is 11. The smallest absolute Gasteiger partial charge is 0.200 e. The van der Waals surface area contributed by atoms with Crippen molar-refractivity contribution in [3.8, 4) is 0 Å². The second-order valence-electron chi connectivity index (χ2n) is 9.94. The van der Waals surface area contributed by atoms with Crippen LogP contribution in [0.25, 0.3) is 0 Å². The Kier molecular flexibility index (Phi) is 12.6. The predicted octanol–water partition coefficient (Wildman–Crippen LogP) is 10.4. The molecule has 0 amide bonds. The fourth-order valence-corrected chi connectivity index (χ4v) is 4.33. The Balaban J connectivity index is 2.87. The number of halogens is 4. The Morgan fingerprint density at radius 3 is 1.84 bits per heavy atom. The Hall–Kier alpha value is -3.08. The number of hydrogen-bond donors (Lipinski definition) is 0. The van der Waals surface area contributed by atoms with E-state index in [0.29, 0.717) is 17.8 Å². The van der Waals surface area contributed by atoms with Crippen molar-refractivity contribution in [2.45, 2.75) is 46.5 Å². The maximum atomic E-state index is 15.0. The molecule has 1 aliphatic carbocycles. The van der Waals surface area contributed by atoms with Crippen LogP contribution in [0.3, 0.4) is 0 Å². The summed E-state index contributed by atoms with van der Waals surface area (Å²) in [5.74, 6) is -3.93. The molecule has 5 heteroatoms. The Bertz CT molecular complexity index is 1050. The lowest BCUT2D eigenvalue weighted by atomic mass is 9.71. The standard InChI is InChI=1S/C32H40F4O/c1-11-16-37-27(10)32(36)31(35)25(8)21(4)14-13-20(3)24(7)29(33)30(34)26(9)22(5)18-28-15-12-19(2)17-23(28)6/h11,13-14,19,22-23,28H,1,3-4,7-10,12,15-18H2,2,5-6H3/b14-13-,30-29-,32-31-. The van der Waals surface area contributed by atoms with Gasteiger partial charge in [0.05, 0.1) is 0 Å². The van der Waals surface area contributed by atoms with Crippen molar-refractivity contribution in [3.63, 3.8) is 0 Å². The second-order valence-corrected chi connectivity index (χ2v) is 9.94. The van der Waals surface area contributed by atoms with E-state index in [4.69, 9.17) is 4.74 Å². The first-order valence-corrected chi connectivity index (χ1v) is 12.4. The molecule has 1 aliphatic rings. The largest absolute Gasteiger partial charge is 0.487 e. The summed E-state index contributed by atoms with van der Waals surface area (Å²) in [6, 6.07) is 0. The lowest BCUT2D eigenvalue weighted by Gasteiger charge is -2.34. The summed E-state index contributed by atoms with van der Waals surface area (Å²) in [6.45, 7) is 31.2. The van der Waals surface area contributed by atoms with Crippen molar-refractivity contribution < 1.29 is 22.3 Å². The molecule has 0 aromatic heterocycles. The Morgan fingerprint density at radius 1 is 0.838 bits per heavy atom. The zero-order valence-corrected chi connectivity index (χ0v) is 22.4. The zero-order chi connectivity index (χ0) is 28.4. The summed E-state index contributed by atoms with van der Waals surface area (Å²) in [7, 11) is 0. The van der Waals surface area contributed by atoms with E-state index in [-0.39, 0.29) is 40.4 Å². The normalized spacial score (nSPS) is 21.9. The Morgan fingerprint density at radius 2 is 1.35 bits per heavy atom. The van der Waals surface area contributed by atoms with Gasteiger partial charge in [-0.1, -0.05) is 91.5 Å². The van der Waals surface area contributed by atoms with Gasteiger partial charge in [0, 0.05) is 11.1 Å². The van der Waals surface area contributed by atoms with Crippen LogP contribution < -0.4 is 0 Å². The maximum Gasteiger partial charge on any atom is 0.200 e. The van der Waals surface area contributed by atoms with Crippen molar-refractivity contribution in [2.75, 3.05) is 6.61 Å². The first-order chi connectivity index (χ1) is 17.2. The third kappa shape index (κ3) is 9.07. The van der Waals surface area contributed by atoms with Crippen LogP contribution in [-0.2, 0) is 4.74 Å². The fraction of sp³-hybridized carbons (Fsp3) is 0.375. The molecule has 0 spiro atoms. The number of rotatable bonds is 14. The van der Waals surface area contributed by atoms with Crippen molar-refractivity contribution >= 4 is 0 Å². The summed E-state index contributed by atoms with van der Waals surface area (Å²) < 4.78 is 63.3. The minimum atomic E-state index is -1.33. The molecule has 0 bridgehead atoms. The molecule has 0 N–H and O–H groups in total. The van der Waals surface area contributed by atoms with Gasteiger partial charge in [0.2, 0.25) is 5.83 Å². The van der Waals surface area contributed by atoms with Gasteiger partial charge in [-0.15, -0.1) is 0 Å². The predicted molar refractivity (Wildman–Crippen MR) is 148 cm³/mol. The third-order valence-electron chi connectivity index (χ3n) is 6.94. The fourth-order valence-electron chi connectivity index (χ4n) is 4.33. The molecule has 1 fully saturated rings. The summed E-state index contributed by atoms with van der Waals surface area (Å²) in [4.78, 5) is 0. The lowest BCUT2D eigenvalue weighted by Crippen LogP contribution is -2.23. The average Bonchev–Trinajstić information content (AvgIpc) is 2.88. The molecular formula is C32H40F4O. The molecule has 4 unspecified atom stereocenters. The van der Waals surface area contributed by atoms with E-state index < -0.39 is 29.1 Å². The van der Waals surface area contributed by atoms with Crippen molar-refractivity contribution in [1.82, 2.24) is 0 Å². The molecule has 1 nitrogen and oxygen atoms in total. The van der Waals surface area contributed by atoms with Crippen LogP contribution in [0.4, 0.5) is 17.6 Å². The van der Waals surface area contributed by atoms with Gasteiger partial charge in [0.25, 0.3) is 0 Å². The van der Waals surface area contributed by atoms with E-state index in [1.807, 2.05) is 6.92 Å². The van der Waals surface area contributed by atoms with Crippen LogP contribution in [0, 0.1) is 23.7 Å². The van der Waals surface area contributed by atoms with E-state index in [0.717, 1.165) is 25.7 Å². The maximum absolute atomic E-state index is 15.0. The van der Waals surface area contributed by atoms with Crippen LogP contribution in [0.1, 0.15) is 46.5 Å². The van der Waals surface area contributed by atoms with Crippen LogP contribution in [0.2, 0.25) is 0 Å². The van der Waals surface area contributed by atoms with E-state index in [2.05, 4.69) is 59.9 Å². The second kappa shape index (κ2) is 14.6. The highest BCUT2D eigenvalue weighted by molar-refractivity contribution is 5.54. The first-order valence-electron chi connectivity index (χ1n) is 12.4. The van der Waals surface area contributed by atoms with Crippen LogP contribution in [-0.4, -0.2) is 6.61 Å². The monoisotopic (exact) mass is 516 g/mol. The summed E-state index contributed by atoms with van der Waals surface area (Å²) >= 11 is 0. The highest BCUT2D eigenvalue weighted by Gasteiger charge is 2.28. The molecule has 202 valence electrons. The molecule has 1 rings (SSSR count). The highest BCUT2D eigenvalue weighted by Crippen LogP contribution is 2.40. The molecule has 0 radical (unpaired) electrons. The van der Waals surface area contributed by atoms with Gasteiger partial charge < -0.3 is 4.74 Å². The van der Waals surface area contributed by atoms with Crippen molar-refractivity contribution in [3.05, 3.63) is 121 Å². The van der Waals surface area contributed by atoms with Gasteiger partial charge in [-0.25, -0.2) is 13.2 Å². The molecule has 0 aromatic carbocycles. The number of ether oxygens (including phenoxy) is 1. The van der Waals surface area contributed by atoms with Gasteiger partial charge in [0.15, 0.2) is 23.2 Å². The van der Waals surface area contributed by atoms with Crippen molar-refractivity contribution in [1.29, 1.82) is 0 Å². The van der Waals surface area contributed by atoms with E-state index in [1.54, 1.807) is 0 Å². The molecule has 4 atom stereocenters. The minimum Gasteiger partial charge on any atom is -0.487 e. The van der Waals surface area contributed by atoms with Gasteiger partial charge in [-0.05, 0) is 59.7 Å². The third-order valence-corrected chi connectivity index (χ3v) is 6.94. The molecule has 1 saturated carbocycles. The lowest BCUT2D eigenvalue weighted by molar-refractivity contribution is 0.181. The summed E-state index contributed by atoms with van der Waals surface area (Å²) in [5, 5.41) is 0. The van der Waals surface area contributed by atoms with Gasteiger partial charge in [-0.2, -0.15) is 4.39 Å². The molecule has 37 heavy (non-hydrogen) atoms. The van der Waals surface area contributed by atoms with Crippen molar-refractivity contribution in [2.24, 2.45) is 23.7 Å². The van der Waals surface area contributed by atoms with Gasteiger partial charge in [-0.3, -0.25) is 0 Å². The van der Waals surface area contributed by atoms with Gasteiger partial charge in [0.1, 0.15) is 6.61 Å². The quantitative estimate of drug-likeness (QED) is 0.0965. The Labute approximate surface area is 220 Å². The van der Waals surface area contributed by atoms with Crippen LogP contribution >= 0.6 is 0 Å². The average molecular weight is 517 g/mol. The van der Waals surface area contributed by atoms with E-state index in [1.165, 1.54) is 18.2 Å². The van der Waals surface area contributed by atoms with E-state index in [9.17, 15) is 17.6 Å². The summed E-state index contributed by atoms with van der Waals surface area (Å²) in [6.07, 6.45) is 7.98. The molecule has 0 aliphatic heterocycles. The summed E-state index contributed by atoms with van der Waals surface area (Å²) in [5.41, 5.74) is -0.557. The minimum absolute atomic E-state index is 0.0167. The molecular weight excluding hydrogens is 476 g/mol. The number of hydrogen-bond acceptors (Lipinski definition) is 1. The SMILES string of the molecule is C=CCOC(=C)/C(F)=C(/F)C(=C)C(=C)/C=C\C(=C)C(=C)/C(F)=C(/F)C(=C)C(C)CC1CCC(C)CC1C. The van der Waals surface area contributed by atoms with Crippen LogP contribution in [0.5, 0.6) is 0 Å².